The molecule has 0 saturated carbocycles. The molecule has 1 aliphatic carbocycles. The van der Waals surface area contributed by atoms with E-state index in [2.05, 4.69) is 155 Å². The third kappa shape index (κ3) is 6.38. The summed E-state index contributed by atoms with van der Waals surface area (Å²) in [6.45, 7) is 27.6. The van der Waals surface area contributed by atoms with Gasteiger partial charge in [0.1, 0.15) is 21.2 Å². The van der Waals surface area contributed by atoms with Crippen LogP contribution in [0.15, 0.2) is 91.5 Å². The van der Waals surface area contributed by atoms with Gasteiger partial charge in [0.25, 0.3) is 0 Å². The van der Waals surface area contributed by atoms with Gasteiger partial charge in [-0.15, -0.1) is 0 Å². The van der Waals surface area contributed by atoms with Gasteiger partial charge in [0, 0.05) is 5.92 Å². The second-order valence-electron chi connectivity index (χ2n) is 15.9. The molecular weight excluding hydrogens is 549 g/mol. The Morgan fingerprint density at radius 3 is 1.73 bits per heavy atom. The molecule has 0 radical (unpaired) electrons. The van der Waals surface area contributed by atoms with E-state index >= 15 is 0 Å². The molecule has 0 bridgehead atoms. The van der Waals surface area contributed by atoms with Crippen molar-refractivity contribution < 1.29 is 4.74 Å². The molecule has 0 amide bonds. The number of hydrogen-bond donors (Lipinski definition) is 0. The fourth-order valence-corrected chi connectivity index (χ4v) is 10.4. The van der Waals surface area contributed by atoms with E-state index in [9.17, 15) is 0 Å². The van der Waals surface area contributed by atoms with Gasteiger partial charge in [-0.2, -0.15) is 0 Å². The van der Waals surface area contributed by atoms with Crippen molar-refractivity contribution in [2.24, 2.45) is 0 Å². The highest BCUT2D eigenvalue weighted by atomic mass is 28.3. The molecule has 0 heterocycles. The maximum atomic E-state index is 6.65. The minimum Gasteiger partial charge on any atom is -0.489 e. The maximum absolute atomic E-state index is 6.65. The molecule has 0 N–H and O–H groups in total. The van der Waals surface area contributed by atoms with E-state index in [1.54, 1.807) is 0 Å². The molecule has 1 atom stereocenters. The van der Waals surface area contributed by atoms with Crippen molar-refractivity contribution in [3.63, 3.8) is 0 Å². The quantitative estimate of drug-likeness (QED) is 0.152. The van der Waals surface area contributed by atoms with E-state index in [1.807, 2.05) is 6.08 Å². The van der Waals surface area contributed by atoms with Crippen LogP contribution >= 0.6 is 0 Å². The molecule has 0 fully saturated rings. The Morgan fingerprint density at radius 2 is 1.25 bits per heavy atom. The molecule has 2 heteroatoms. The van der Waals surface area contributed by atoms with Crippen molar-refractivity contribution in [2.75, 3.05) is 6.61 Å². The predicted octanol–water partition coefficient (Wildman–Crippen LogP) is 9.61. The highest BCUT2D eigenvalue weighted by Crippen LogP contribution is 2.49. The van der Waals surface area contributed by atoms with Crippen molar-refractivity contribution >= 4 is 19.2 Å². The SMILES string of the molecule is C=CCOc1c([SiH](CC2c3cc(C(C)(C)C)ccc3-c3ccc(C(C)(C)C)cc32)c2ccccc2)cc(C)cc1C(C)(C)C. The number of fused-ring (bicyclic) bond motifs is 3. The Labute approximate surface area is 269 Å². The molecule has 0 aromatic heterocycles. The summed E-state index contributed by atoms with van der Waals surface area (Å²) < 4.78 is 6.65. The molecule has 0 aliphatic heterocycles. The molecule has 1 aliphatic rings. The van der Waals surface area contributed by atoms with Crippen LogP contribution in [0.3, 0.4) is 0 Å². The molecule has 0 saturated heterocycles. The van der Waals surface area contributed by atoms with Gasteiger partial charge in [0.05, 0.1) is 0 Å². The summed E-state index contributed by atoms with van der Waals surface area (Å²) in [5, 5.41) is 2.88. The van der Waals surface area contributed by atoms with Crippen LogP contribution in [0.4, 0.5) is 0 Å². The van der Waals surface area contributed by atoms with Gasteiger partial charge in [-0.05, 0) is 73.3 Å². The molecule has 4 aromatic rings. The van der Waals surface area contributed by atoms with Gasteiger partial charge >= 0.3 is 0 Å². The number of ether oxygens (including phenoxy) is 1. The highest BCUT2D eigenvalue weighted by molar-refractivity contribution is 6.86. The molecule has 230 valence electrons. The zero-order valence-electron chi connectivity index (χ0n) is 28.8. The smallest absolute Gasteiger partial charge is 0.122 e. The van der Waals surface area contributed by atoms with E-state index in [1.165, 1.54) is 54.9 Å². The van der Waals surface area contributed by atoms with Crippen LogP contribution in [0.1, 0.15) is 102 Å². The molecule has 4 aromatic carbocycles. The fraction of sp³-hybridized carbons (Fsp3) is 0.381. The molecule has 1 unspecified atom stereocenters. The minimum atomic E-state index is -1.81. The maximum Gasteiger partial charge on any atom is 0.122 e. The van der Waals surface area contributed by atoms with Crippen molar-refractivity contribution in [3.8, 4) is 16.9 Å². The molecular formula is C42H52OSi. The van der Waals surface area contributed by atoms with Crippen LogP contribution in [0.5, 0.6) is 5.75 Å². The first kappa shape index (κ1) is 32.0. The lowest BCUT2D eigenvalue weighted by Gasteiger charge is -2.30. The third-order valence-electron chi connectivity index (χ3n) is 9.34. The van der Waals surface area contributed by atoms with E-state index < -0.39 is 8.80 Å². The van der Waals surface area contributed by atoms with Crippen LogP contribution in [-0.4, -0.2) is 15.4 Å². The summed E-state index contributed by atoms with van der Waals surface area (Å²) in [6, 6.07) is 31.7. The minimum absolute atomic E-state index is 0.0390. The van der Waals surface area contributed by atoms with Crippen LogP contribution in [0, 0.1) is 6.92 Å². The number of hydrogen-bond acceptors (Lipinski definition) is 1. The summed E-state index contributed by atoms with van der Waals surface area (Å²) in [5.74, 6) is 1.40. The monoisotopic (exact) mass is 600 g/mol. The fourth-order valence-electron chi connectivity index (χ4n) is 6.83. The lowest BCUT2D eigenvalue weighted by Crippen LogP contribution is -2.44. The van der Waals surface area contributed by atoms with E-state index in [-0.39, 0.29) is 16.2 Å². The summed E-state index contributed by atoms with van der Waals surface area (Å²) in [4.78, 5) is 0. The Balaban J connectivity index is 1.76. The first-order valence-electron chi connectivity index (χ1n) is 16.3. The predicted molar refractivity (Wildman–Crippen MR) is 194 cm³/mol. The lowest BCUT2D eigenvalue weighted by molar-refractivity contribution is 0.354. The summed E-state index contributed by atoms with van der Waals surface area (Å²) in [5.41, 5.74) is 11.3. The van der Waals surface area contributed by atoms with E-state index in [0.29, 0.717) is 12.5 Å². The zero-order valence-corrected chi connectivity index (χ0v) is 29.9. The first-order valence-corrected chi connectivity index (χ1v) is 18.3. The third-order valence-corrected chi connectivity index (χ3v) is 12.7. The van der Waals surface area contributed by atoms with Crippen molar-refractivity contribution in [2.45, 2.75) is 97.4 Å². The lowest BCUT2D eigenvalue weighted by atomic mass is 9.84. The van der Waals surface area contributed by atoms with Gasteiger partial charge in [0.15, 0.2) is 0 Å². The van der Waals surface area contributed by atoms with Crippen LogP contribution < -0.4 is 15.1 Å². The van der Waals surface area contributed by atoms with Crippen LogP contribution in [0.2, 0.25) is 6.04 Å². The Kier molecular flexibility index (Phi) is 8.64. The van der Waals surface area contributed by atoms with Gasteiger partial charge in [-0.1, -0.05) is 165 Å². The van der Waals surface area contributed by atoms with Crippen LogP contribution in [0.25, 0.3) is 11.1 Å². The largest absolute Gasteiger partial charge is 0.489 e. The van der Waals surface area contributed by atoms with Gasteiger partial charge in [0.2, 0.25) is 0 Å². The second kappa shape index (κ2) is 11.9. The van der Waals surface area contributed by atoms with Gasteiger partial charge < -0.3 is 4.74 Å². The van der Waals surface area contributed by atoms with Crippen molar-refractivity contribution in [1.82, 2.24) is 0 Å². The average Bonchev–Trinajstić information content (AvgIpc) is 3.26. The average molecular weight is 601 g/mol. The second-order valence-corrected chi connectivity index (χ2v) is 18.8. The topological polar surface area (TPSA) is 9.23 Å². The zero-order chi connectivity index (χ0) is 32.0. The Bertz CT molecular complexity index is 1590. The molecule has 0 spiro atoms. The van der Waals surface area contributed by atoms with Gasteiger partial charge in [-0.25, -0.2) is 0 Å². The number of rotatable bonds is 7. The first-order chi connectivity index (χ1) is 20.6. The van der Waals surface area contributed by atoms with Crippen molar-refractivity contribution in [3.05, 3.63) is 125 Å². The summed E-state index contributed by atoms with van der Waals surface area (Å²) >= 11 is 0. The van der Waals surface area contributed by atoms with E-state index in [0.717, 1.165) is 11.8 Å². The van der Waals surface area contributed by atoms with Crippen molar-refractivity contribution in [1.29, 1.82) is 0 Å². The number of aryl methyl sites for hydroxylation is 1. The summed E-state index contributed by atoms with van der Waals surface area (Å²) in [6.07, 6.45) is 1.88. The Hall–Kier alpha value is -3.36. The molecule has 1 nitrogen and oxygen atoms in total. The number of benzene rings is 4. The van der Waals surface area contributed by atoms with Gasteiger partial charge in [-0.3, -0.25) is 0 Å². The highest BCUT2D eigenvalue weighted by Gasteiger charge is 2.36. The summed E-state index contributed by atoms with van der Waals surface area (Å²) in [7, 11) is -1.81. The molecule has 5 rings (SSSR count). The standard InChI is InChI=1S/C42H52OSi/c1-12-22-43-39-37(42(9,10)11)23-28(2)24-38(39)44(31-16-14-13-15-17-31)27-36-34-25-29(40(3,4)5)18-20-32(34)33-21-19-30(26-35(33)36)41(6,7)8/h12-21,23-26,36,44H,1,22,27H2,2-11H3. The van der Waals surface area contributed by atoms with E-state index in [4.69, 9.17) is 4.74 Å². The normalized spacial score (nSPS) is 14.2. The Morgan fingerprint density at radius 1 is 0.705 bits per heavy atom. The molecule has 44 heavy (non-hydrogen) atoms. The van der Waals surface area contributed by atoms with Crippen LogP contribution in [-0.2, 0) is 16.2 Å².